The maximum Gasteiger partial charge on any atom is 0.253 e. The third-order valence-electron chi connectivity index (χ3n) is 4.65. The molecule has 0 aromatic rings. The number of hydrogen-bond acceptors (Lipinski definition) is 4. The van der Waals surface area contributed by atoms with E-state index in [1.807, 2.05) is 4.93 Å². The first kappa shape index (κ1) is 17.1. The van der Waals surface area contributed by atoms with Crippen molar-refractivity contribution in [3.05, 3.63) is 0 Å². The Kier molecular flexibility index (Phi) is 6.88. The van der Waals surface area contributed by atoms with Gasteiger partial charge in [-0.05, 0) is 43.7 Å². The van der Waals surface area contributed by atoms with Crippen LogP contribution in [-0.2, 0) is 14.4 Å². The second-order valence-electron chi connectivity index (χ2n) is 5.88. The van der Waals surface area contributed by atoms with Gasteiger partial charge in [-0.15, -0.1) is 0 Å². The van der Waals surface area contributed by atoms with Crippen molar-refractivity contribution >= 4 is 34.4 Å². The van der Waals surface area contributed by atoms with Gasteiger partial charge in [0.2, 0.25) is 0 Å². The van der Waals surface area contributed by atoms with E-state index in [0.29, 0.717) is 31.4 Å². The molecule has 2 unspecified atom stereocenters. The largest absolute Gasteiger partial charge is 0.300 e. The number of nitrogens with zero attached hydrogens (tertiary/aromatic N) is 2. The minimum absolute atomic E-state index is 0.179. The molecule has 3 fully saturated rings. The van der Waals surface area contributed by atoms with Crippen LogP contribution in [0.3, 0.4) is 0 Å². The molecular weight excluding hydrogens is 383 g/mol. The summed E-state index contributed by atoms with van der Waals surface area (Å²) in [5, 5.41) is 1.00. The Labute approximate surface area is 140 Å². The molecule has 6 heteroatoms. The number of carbonyl (C=O) groups is 2. The zero-order valence-corrected chi connectivity index (χ0v) is 14.9. The van der Waals surface area contributed by atoms with Gasteiger partial charge in [-0.25, -0.2) is 0 Å². The van der Waals surface area contributed by atoms with Gasteiger partial charge in [0.25, 0.3) is 11.8 Å². The van der Waals surface area contributed by atoms with Crippen LogP contribution >= 0.6 is 22.6 Å². The number of piperidine rings is 2. The van der Waals surface area contributed by atoms with Gasteiger partial charge in [0.05, 0.1) is 6.61 Å². The average Bonchev–Trinajstić information content (AvgIpc) is 2.86. The minimum atomic E-state index is -0.179. The first-order valence-corrected chi connectivity index (χ1v) is 10.0. The van der Waals surface area contributed by atoms with E-state index in [1.165, 1.54) is 38.8 Å². The Morgan fingerprint density at radius 1 is 1.05 bits per heavy atom. The maximum atomic E-state index is 11.5. The highest BCUT2D eigenvalue weighted by Crippen LogP contribution is 2.31. The predicted molar refractivity (Wildman–Crippen MR) is 88.9 cm³/mol. The fourth-order valence-corrected chi connectivity index (χ4v) is 3.64. The summed E-state index contributed by atoms with van der Waals surface area (Å²) < 4.78 is 0. The number of alkyl halides is 1. The molecule has 21 heavy (non-hydrogen) atoms. The Bertz CT molecular complexity index is 360. The van der Waals surface area contributed by atoms with Crippen LogP contribution in [0.2, 0.25) is 0 Å². The van der Waals surface area contributed by atoms with E-state index in [1.54, 1.807) is 0 Å². The van der Waals surface area contributed by atoms with Crippen LogP contribution in [0.25, 0.3) is 0 Å². The molecule has 3 heterocycles. The van der Waals surface area contributed by atoms with Crippen molar-refractivity contribution in [3.63, 3.8) is 0 Å². The maximum absolute atomic E-state index is 11.5. The molecule has 0 bridgehead atoms. The highest BCUT2D eigenvalue weighted by molar-refractivity contribution is 14.1. The van der Waals surface area contributed by atoms with Gasteiger partial charge in [-0.1, -0.05) is 29.0 Å². The van der Waals surface area contributed by atoms with Crippen molar-refractivity contribution in [2.75, 3.05) is 24.6 Å². The van der Waals surface area contributed by atoms with Gasteiger partial charge in [0.15, 0.2) is 0 Å². The van der Waals surface area contributed by atoms with Gasteiger partial charge in [0.1, 0.15) is 0 Å². The zero-order valence-electron chi connectivity index (χ0n) is 12.7. The van der Waals surface area contributed by atoms with Crippen molar-refractivity contribution in [3.8, 4) is 0 Å². The molecule has 0 radical (unpaired) electrons. The molecular formula is C15H25IN2O3. The van der Waals surface area contributed by atoms with Crippen LogP contribution in [0.15, 0.2) is 0 Å². The number of rotatable bonds is 3. The number of hydrogen-bond donors (Lipinski definition) is 0. The number of hydroxylamine groups is 2. The molecule has 5 nitrogen and oxygen atoms in total. The molecule has 0 saturated carbocycles. The molecule has 3 saturated heterocycles. The summed E-state index contributed by atoms with van der Waals surface area (Å²) in [5.41, 5.74) is 0. The first-order valence-electron chi connectivity index (χ1n) is 7.86. The van der Waals surface area contributed by atoms with Gasteiger partial charge < -0.3 is 4.90 Å². The lowest BCUT2D eigenvalue weighted by Crippen LogP contribution is -2.49. The number of carbonyl (C=O) groups excluding carboxylic acids is 2. The summed E-state index contributed by atoms with van der Waals surface area (Å²) in [6.07, 6.45) is 6.78. The van der Waals surface area contributed by atoms with E-state index in [9.17, 15) is 9.59 Å². The summed E-state index contributed by atoms with van der Waals surface area (Å²) in [5.74, 6) is 0.109. The lowest BCUT2D eigenvalue weighted by molar-refractivity contribution is -0.194. The molecule has 3 rings (SSSR count). The summed E-state index contributed by atoms with van der Waals surface area (Å²) in [6.45, 7) is 2.91. The lowest BCUT2D eigenvalue weighted by atomic mass is 9.84. The summed E-state index contributed by atoms with van der Waals surface area (Å²) in [6, 6.07) is 0.593. The van der Waals surface area contributed by atoms with Crippen molar-refractivity contribution in [2.24, 2.45) is 5.92 Å². The molecule has 3 aliphatic heterocycles. The van der Waals surface area contributed by atoms with Crippen LogP contribution in [0.5, 0.6) is 0 Å². The summed E-state index contributed by atoms with van der Waals surface area (Å²) >= 11 is 2.15. The molecule has 3 aliphatic rings. The number of halogens is 1. The molecule has 0 aliphatic carbocycles. The van der Waals surface area contributed by atoms with Crippen molar-refractivity contribution in [1.29, 1.82) is 0 Å². The van der Waals surface area contributed by atoms with E-state index in [4.69, 9.17) is 4.84 Å². The standard InChI is InChI=1S/C14H22N2O3.CH3I/c17-13-6-7-14(18)16(13)19-10-11-4-3-9-15-8-2-1-5-12(11)15;1-2/h11-12H,1-10H2;1H3. The molecule has 0 spiro atoms. The topological polar surface area (TPSA) is 49.9 Å². The van der Waals surface area contributed by atoms with E-state index in [0.717, 1.165) is 11.5 Å². The molecule has 2 amide bonds. The van der Waals surface area contributed by atoms with Crippen LogP contribution in [0.4, 0.5) is 0 Å². The summed E-state index contributed by atoms with van der Waals surface area (Å²) in [7, 11) is 0. The van der Waals surface area contributed by atoms with E-state index >= 15 is 0 Å². The zero-order chi connectivity index (χ0) is 15.2. The highest BCUT2D eigenvalue weighted by atomic mass is 127. The second kappa shape index (κ2) is 8.43. The van der Waals surface area contributed by atoms with Gasteiger partial charge in [-0.3, -0.25) is 14.4 Å². The SMILES string of the molecule is CI.O=C1CCC(=O)N1OCC1CCCN2CCCCC12. The lowest BCUT2D eigenvalue weighted by Gasteiger charge is -2.44. The Balaban J connectivity index is 0.000000774. The molecule has 0 aromatic heterocycles. The predicted octanol–water partition coefficient (Wildman–Crippen LogP) is 2.38. The van der Waals surface area contributed by atoms with Crippen LogP contribution in [0, 0.1) is 5.92 Å². The molecule has 2 atom stereocenters. The number of fused-ring (bicyclic) bond motifs is 1. The molecule has 0 aromatic carbocycles. The molecule has 120 valence electrons. The highest BCUT2D eigenvalue weighted by Gasteiger charge is 2.36. The molecule has 0 N–H and O–H groups in total. The fourth-order valence-electron chi connectivity index (χ4n) is 3.64. The Morgan fingerprint density at radius 2 is 1.71 bits per heavy atom. The smallest absolute Gasteiger partial charge is 0.253 e. The van der Waals surface area contributed by atoms with E-state index in [2.05, 4.69) is 27.5 Å². The van der Waals surface area contributed by atoms with Gasteiger partial charge >= 0.3 is 0 Å². The van der Waals surface area contributed by atoms with Crippen LogP contribution in [0.1, 0.15) is 44.9 Å². The fraction of sp³-hybridized carbons (Fsp3) is 0.867. The first-order chi connectivity index (χ1) is 10.3. The number of imide groups is 1. The monoisotopic (exact) mass is 408 g/mol. The van der Waals surface area contributed by atoms with Crippen molar-refractivity contribution in [1.82, 2.24) is 9.96 Å². The van der Waals surface area contributed by atoms with E-state index in [-0.39, 0.29) is 11.8 Å². The third-order valence-corrected chi connectivity index (χ3v) is 4.65. The number of amides is 2. The van der Waals surface area contributed by atoms with E-state index < -0.39 is 0 Å². The Morgan fingerprint density at radius 3 is 2.43 bits per heavy atom. The average molecular weight is 408 g/mol. The van der Waals surface area contributed by atoms with Crippen LogP contribution < -0.4 is 0 Å². The third kappa shape index (κ3) is 4.16. The quantitative estimate of drug-likeness (QED) is 0.409. The van der Waals surface area contributed by atoms with Gasteiger partial charge in [0, 0.05) is 24.8 Å². The van der Waals surface area contributed by atoms with Crippen LogP contribution in [-0.4, -0.2) is 52.4 Å². The van der Waals surface area contributed by atoms with Gasteiger partial charge in [-0.2, -0.15) is 5.06 Å². The second-order valence-corrected chi connectivity index (χ2v) is 5.88. The van der Waals surface area contributed by atoms with Crippen molar-refractivity contribution in [2.45, 2.75) is 51.0 Å². The minimum Gasteiger partial charge on any atom is -0.300 e. The summed E-state index contributed by atoms with van der Waals surface area (Å²) in [4.78, 5) is 33.1. The normalized spacial score (nSPS) is 29.9. The van der Waals surface area contributed by atoms with Crippen molar-refractivity contribution < 1.29 is 14.4 Å². The Hall–Kier alpha value is -0.210.